The SMILES string of the molecule is COc1cccc(-c2nc(COC(=O)[C@@H]3CCCN3S(C)(=O)=O)cs2)c1OC. The molecule has 1 aromatic heterocycles. The first-order valence-electron chi connectivity index (χ1n) is 8.64. The topological polar surface area (TPSA) is 95.0 Å². The average molecular weight is 427 g/mol. The van der Waals surface area contributed by atoms with E-state index >= 15 is 0 Å². The number of ether oxygens (including phenoxy) is 3. The van der Waals surface area contributed by atoms with Crippen molar-refractivity contribution in [3.63, 3.8) is 0 Å². The van der Waals surface area contributed by atoms with Gasteiger partial charge in [-0.05, 0) is 25.0 Å². The molecule has 3 rings (SSSR count). The van der Waals surface area contributed by atoms with Gasteiger partial charge in [0.2, 0.25) is 10.0 Å². The van der Waals surface area contributed by atoms with Crippen LogP contribution in [0.2, 0.25) is 0 Å². The van der Waals surface area contributed by atoms with Gasteiger partial charge in [-0.3, -0.25) is 4.79 Å². The normalized spacial score (nSPS) is 17.5. The lowest BCUT2D eigenvalue weighted by atomic mass is 10.2. The number of para-hydroxylation sites is 1. The fourth-order valence-electron chi connectivity index (χ4n) is 3.17. The summed E-state index contributed by atoms with van der Waals surface area (Å²) in [5.41, 5.74) is 1.37. The molecule has 152 valence electrons. The molecule has 1 atom stereocenters. The number of rotatable bonds is 7. The van der Waals surface area contributed by atoms with Gasteiger partial charge in [-0.15, -0.1) is 11.3 Å². The minimum Gasteiger partial charge on any atom is -0.493 e. The third-order valence-corrected chi connectivity index (χ3v) is 6.66. The van der Waals surface area contributed by atoms with E-state index in [9.17, 15) is 13.2 Å². The van der Waals surface area contributed by atoms with Crippen LogP contribution < -0.4 is 9.47 Å². The van der Waals surface area contributed by atoms with Crippen LogP contribution in [0.1, 0.15) is 18.5 Å². The van der Waals surface area contributed by atoms with E-state index < -0.39 is 22.0 Å². The Morgan fingerprint density at radius 3 is 2.79 bits per heavy atom. The molecule has 0 amide bonds. The van der Waals surface area contributed by atoms with Gasteiger partial charge in [0.1, 0.15) is 17.7 Å². The first kappa shape index (κ1) is 20.6. The number of sulfonamides is 1. The highest BCUT2D eigenvalue weighted by atomic mass is 32.2. The lowest BCUT2D eigenvalue weighted by Gasteiger charge is -2.20. The Morgan fingerprint density at radius 2 is 2.11 bits per heavy atom. The van der Waals surface area contributed by atoms with Gasteiger partial charge in [0.25, 0.3) is 0 Å². The van der Waals surface area contributed by atoms with Crippen LogP contribution in [0.15, 0.2) is 23.6 Å². The number of methoxy groups -OCH3 is 2. The van der Waals surface area contributed by atoms with Crippen molar-refractivity contribution in [1.29, 1.82) is 0 Å². The summed E-state index contributed by atoms with van der Waals surface area (Å²) < 4.78 is 40.8. The number of aromatic nitrogens is 1. The second-order valence-corrected chi connectivity index (χ2v) is 9.12. The smallest absolute Gasteiger partial charge is 0.324 e. The van der Waals surface area contributed by atoms with Crippen LogP contribution in [0.3, 0.4) is 0 Å². The molecule has 1 aliphatic heterocycles. The minimum atomic E-state index is -3.43. The van der Waals surface area contributed by atoms with Crippen molar-refractivity contribution < 1.29 is 27.4 Å². The second-order valence-electron chi connectivity index (χ2n) is 6.32. The number of hydrogen-bond acceptors (Lipinski definition) is 8. The van der Waals surface area contributed by atoms with E-state index in [-0.39, 0.29) is 6.61 Å². The second kappa shape index (κ2) is 8.46. The zero-order valence-corrected chi connectivity index (χ0v) is 17.5. The van der Waals surface area contributed by atoms with E-state index in [0.717, 1.165) is 11.8 Å². The highest BCUT2D eigenvalue weighted by Gasteiger charge is 2.37. The maximum absolute atomic E-state index is 12.3. The van der Waals surface area contributed by atoms with Crippen LogP contribution in [0, 0.1) is 0 Å². The molecule has 1 aliphatic rings. The third-order valence-electron chi connectivity index (χ3n) is 4.45. The van der Waals surface area contributed by atoms with Gasteiger partial charge < -0.3 is 14.2 Å². The predicted octanol–water partition coefficient (Wildman–Crippen LogP) is 2.29. The van der Waals surface area contributed by atoms with Crippen molar-refractivity contribution in [2.24, 2.45) is 0 Å². The van der Waals surface area contributed by atoms with Gasteiger partial charge in [-0.1, -0.05) is 6.07 Å². The molecule has 2 heterocycles. The average Bonchev–Trinajstić information content (AvgIpc) is 3.34. The molecule has 0 radical (unpaired) electrons. The van der Waals surface area contributed by atoms with Gasteiger partial charge in [0.15, 0.2) is 11.5 Å². The summed E-state index contributed by atoms with van der Waals surface area (Å²) in [5, 5.41) is 2.50. The molecule has 0 spiro atoms. The van der Waals surface area contributed by atoms with E-state index in [1.807, 2.05) is 12.1 Å². The van der Waals surface area contributed by atoms with Gasteiger partial charge in [0.05, 0.1) is 31.7 Å². The highest BCUT2D eigenvalue weighted by Crippen LogP contribution is 2.39. The minimum absolute atomic E-state index is 0.0181. The summed E-state index contributed by atoms with van der Waals surface area (Å²) >= 11 is 1.40. The molecule has 2 aromatic rings. The number of benzene rings is 1. The zero-order valence-electron chi connectivity index (χ0n) is 15.9. The molecule has 1 aromatic carbocycles. The maximum atomic E-state index is 12.3. The molecule has 1 fully saturated rings. The summed E-state index contributed by atoms with van der Waals surface area (Å²) in [6, 6.07) is 4.76. The lowest BCUT2D eigenvalue weighted by Crippen LogP contribution is -2.40. The first-order chi connectivity index (χ1) is 13.3. The van der Waals surface area contributed by atoms with Crippen LogP contribution in [0.25, 0.3) is 10.6 Å². The number of nitrogens with zero attached hydrogens (tertiary/aromatic N) is 2. The van der Waals surface area contributed by atoms with Crippen molar-refractivity contribution in [3.05, 3.63) is 29.3 Å². The quantitative estimate of drug-likeness (QED) is 0.627. The largest absolute Gasteiger partial charge is 0.493 e. The lowest BCUT2D eigenvalue weighted by molar-refractivity contribution is -0.148. The van der Waals surface area contributed by atoms with Crippen molar-refractivity contribution in [1.82, 2.24) is 9.29 Å². The molecule has 0 bridgehead atoms. The fraction of sp³-hybridized carbons (Fsp3) is 0.444. The van der Waals surface area contributed by atoms with Crippen molar-refractivity contribution in [2.45, 2.75) is 25.5 Å². The maximum Gasteiger partial charge on any atom is 0.324 e. The molecule has 8 nitrogen and oxygen atoms in total. The van der Waals surface area contributed by atoms with Gasteiger partial charge in [-0.25, -0.2) is 13.4 Å². The molecule has 0 N–H and O–H groups in total. The fourth-order valence-corrected chi connectivity index (χ4v) is 5.11. The van der Waals surface area contributed by atoms with Gasteiger partial charge in [-0.2, -0.15) is 4.31 Å². The highest BCUT2D eigenvalue weighted by molar-refractivity contribution is 7.88. The van der Waals surface area contributed by atoms with Crippen LogP contribution in [-0.2, 0) is 26.2 Å². The molecule has 1 saturated heterocycles. The Kier molecular flexibility index (Phi) is 6.21. The molecular formula is C18H22N2O6S2. The summed E-state index contributed by atoms with van der Waals surface area (Å²) in [7, 11) is -0.304. The van der Waals surface area contributed by atoms with Crippen LogP contribution in [0.5, 0.6) is 11.5 Å². The summed E-state index contributed by atoms with van der Waals surface area (Å²) in [4.78, 5) is 16.9. The van der Waals surface area contributed by atoms with E-state index in [1.54, 1.807) is 25.7 Å². The van der Waals surface area contributed by atoms with Gasteiger partial charge >= 0.3 is 5.97 Å². The van der Waals surface area contributed by atoms with E-state index in [2.05, 4.69) is 4.98 Å². The number of hydrogen-bond donors (Lipinski definition) is 0. The number of carbonyl (C=O) groups excluding carboxylic acids is 1. The molecule has 28 heavy (non-hydrogen) atoms. The summed E-state index contributed by atoms with van der Waals surface area (Å²) in [5.74, 6) is 0.638. The van der Waals surface area contributed by atoms with Gasteiger partial charge in [0, 0.05) is 11.9 Å². The monoisotopic (exact) mass is 426 g/mol. The van der Waals surface area contributed by atoms with Crippen LogP contribution in [-0.4, -0.2) is 56.7 Å². The Labute approximate surface area is 168 Å². The van der Waals surface area contributed by atoms with Crippen LogP contribution in [0.4, 0.5) is 0 Å². The van der Waals surface area contributed by atoms with Crippen LogP contribution >= 0.6 is 11.3 Å². The molecular weight excluding hydrogens is 404 g/mol. The number of esters is 1. The summed E-state index contributed by atoms with van der Waals surface area (Å²) in [6.45, 7) is 0.324. The molecule has 0 saturated carbocycles. The molecule has 0 aliphatic carbocycles. The van der Waals surface area contributed by atoms with E-state index in [4.69, 9.17) is 14.2 Å². The van der Waals surface area contributed by atoms with E-state index in [1.165, 1.54) is 15.6 Å². The van der Waals surface area contributed by atoms with E-state index in [0.29, 0.717) is 41.6 Å². The Bertz CT molecular complexity index is 957. The Balaban J connectivity index is 1.70. The van der Waals surface area contributed by atoms with Crippen molar-refractivity contribution >= 4 is 27.3 Å². The standard InChI is InChI=1S/C18H22N2O6S2/c1-24-15-8-4-6-13(16(15)25-2)17-19-12(11-27-17)10-26-18(21)14-7-5-9-20(14)28(3,22)23/h4,6,8,11,14H,5,7,9-10H2,1-3H3/t14-/m0/s1. The molecule has 0 unspecified atom stereocenters. The number of thiazole rings is 1. The first-order valence-corrected chi connectivity index (χ1v) is 11.4. The Hall–Kier alpha value is -2.17. The Morgan fingerprint density at radius 1 is 1.32 bits per heavy atom. The molecule has 10 heteroatoms. The van der Waals surface area contributed by atoms with Crippen molar-refractivity contribution in [3.8, 4) is 22.1 Å². The third kappa shape index (κ3) is 4.29. The summed E-state index contributed by atoms with van der Waals surface area (Å²) in [6.07, 6.45) is 2.21. The predicted molar refractivity (Wildman–Crippen MR) is 105 cm³/mol. The van der Waals surface area contributed by atoms with Crippen molar-refractivity contribution in [2.75, 3.05) is 27.0 Å². The zero-order chi connectivity index (χ0) is 20.3. The number of carbonyl (C=O) groups is 1.